The minimum Gasteiger partial charge on any atom is -0.467 e. The first-order valence-corrected chi connectivity index (χ1v) is 5.97. The number of aliphatic hydroxyl groups excluding tert-OH is 1. The van der Waals surface area contributed by atoms with Gasteiger partial charge < -0.3 is 19.7 Å². The molecule has 5 heteroatoms. The highest BCUT2D eigenvalue weighted by Gasteiger charge is 2.18. The summed E-state index contributed by atoms with van der Waals surface area (Å²) in [5.74, 6) is 0.625. The van der Waals surface area contributed by atoms with E-state index in [4.69, 9.17) is 4.42 Å². The summed E-state index contributed by atoms with van der Waals surface area (Å²) in [7, 11) is 0. The average molecular weight is 238 g/mol. The number of carbonyl (C=O) groups excluding carboxylic acids is 1. The molecular weight excluding hydrogens is 220 g/mol. The zero-order valence-electron chi connectivity index (χ0n) is 9.76. The van der Waals surface area contributed by atoms with Crippen LogP contribution in [0, 0.1) is 0 Å². The monoisotopic (exact) mass is 238 g/mol. The Hall–Kier alpha value is -1.33. The van der Waals surface area contributed by atoms with Gasteiger partial charge in [0.1, 0.15) is 11.9 Å². The van der Waals surface area contributed by atoms with Crippen molar-refractivity contribution in [2.45, 2.75) is 18.9 Å². The van der Waals surface area contributed by atoms with Crippen LogP contribution in [0.25, 0.3) is 0 Å². The van der Waals surface area contributed by atoms with Gasteiger partial charge in [0.05, 0.1) is 12.8 Å². The standard InChI is InChI=1S/C12H18N2O3/c15-10(11-4-3-7-17-11)8-13-9-12(16)14-5-1-2-6-14/h3-4,7,10,13,15H,1-2,5-6,8-9H2. The number of nitrogens with one attached hydrogen (secondary N) is 1. The van der Waals surface area contributed by atoms with Crippen molar-refractivity contribution < 1.29 is 14.3 Å². The van der Waals surface area contributed by atoms with Gasteiger partial charge in [-0.1, -0.05) is 0 Å². The fourth-order valence-corrected chi connectivity index (χ4v) is 1.98. The molecule has 1 amide bonds. The Labute approximate surface area is 100 Å². The smallest absolute Gasteiger partial charge is 0.236 e. The molecule has 94 valence electrons. The summed E-state index contributed by atoms with van der Waals surface area (Å²) in [6.07, 6.45) is 3.02. The van der Waals surface area contributed by atoms with Gasteiger partial charge in [-0.15, -0.1) is 0 Å². The van der Waals surface area contributed by atoms with Gasteiger partial charge in [0.2, 0.25) is 5.91 Å². The molecule has 1 aromatic heterocycles. The van der Waals surface area contributed by atoms with Gasteiger partial charge in [0, 0.05) is 19.6 Å². The van der Waals surface area contributed by atoms with Gasteiger partial charge >= 0.3 is 0 Å². The van der Waals surface area contributed by atoms with Crippen molar-refractivity contribution in [3.63, 3.8) is 0 Å². The highest BCUT2D eigenvalue weighted by Crippen LogP contribution is 2.11. The Morgan fingerprint density at radius 1 is 1.53 bits per heavy atom. The fourth-order valence-electron chi connectivity index (χ4n) is 1.98. The minimum atomic E-state index is -0.698. The molecule has 1 aliphatic rings. The van der Waals surface area contributed by atoms with Crippen molar-refractivity contribution in [2.75, 3.05) is 26.2 Å². The third-order valence-corrected chi connectivity index (χ3v) is 2.94. The topological polar surface area (TPSA) is 65.7 Å². The average Bonchev–Trinajstić information content (AvgIpc) is 3.02. The lowest BCUT2D eigenvalue weighted by atomic mass is 10.3. The van der Waals surface area contributed by atoms with Crippen LogP contribution in [0.4, 0.5) is 0 Å². The lowest BCUT2D eigenvalue weighted by Gasteiger charge is -2.16. The molecule has 0 aromatic carbocycles. The van der Waals surface area contributed by atoms with Crippen LogP contribution in [-0.2, 0) is 4.79 Å². The largest absolute Gasteiger partial charge is 0.467 e. The van der Waals surface area contributed by atoms with Crippen molar-refractivity contribution in [3.05, 3.63) is 24.2 Å². The summed E-state index contributed by atoms with van der Waals surface area (Å²) in [6.45, 7) is 2.33. The van der Waals surface area contributed by atoms with Crippen LogP contribution in [-0.4, -0.2) is 42.1 Å². The van der Waals surface area contributed by atoms with Gasteiger partial charge in [0.25, 0.3) is 0 Å². The predicted molar refractivity (Wildman–Crippen MR) is 62.4 cm³/mol. The molecule has 17 heavy (non-hydrogen) atoms. The van der Waals surface area contributed by atoms with Crippen LogP contribution in [0.3, 0.4) is 0 Å². The Bertz CT molecular complexity index is 345. The van der Waals surface area contributed by atoms with Crippen LogP contribution in [0.15, 0.2) is 22.8 Å². The molecule has 5 nitrogen and oxygen atoms in total. The van der Waals surface area contributed by atoms with Gasteiger partial charge in [-0.3, -0.25) is 4.79 Å². The molecule has 1 saturated heterocycles. The summed E-state index contributed by atoms with van der Waals surface area (Å²) >= 11 is 0. The molecule has 0 spiro atoms. The molecule has 0 aliphatic carbocycles. The van der Waals surface area contributed by atoms with Gasteiger partial charge in [-0.25, -0.2) is 0 Å². The van der Waals surface area contributed by atoms with E-state index in [1.54, 1.807) is 12.1 Å². The number of amides is 1. The van der Waals surface area contributed by atoms with Gasteiger partial charge in [-0.2, -0.15) is 0 Å². The normalized spacial score (nSPS) is 17.4. The highest BCUT2D eigenvalue weighted by atomic mass is 16.4. The van der Waals surface area contributed by atoms with Gasteiger partial charge in [0.15, 0.2) is 0 Å². The predicted octanol–water partition coefficient (Wildman–Crippen LogP) is 0.525. The lowest BCUT2D eigenvalue weighted by molar-refractivity contribution is -0.129. The molecule has 1 aromatic rings. The summed E-state index contributed by atoms with van der Waals surface area (Å²) in [4.78, 5) is 13.5. The zero-order valence-corrected chi connectivity index (χ0v) is 9.76. The number of aliphatic hydroxyl groups is 1. The summed E-state index contributed by atoms with van der Waals surface area (Å²) < 4.78 is 5.07. The van der Waals surface area contributed by atoms with E-state index >= 15 is 0 Å². The van der Waals surface area contributed by atoms with Crippen LogP contribution >= 0.6 is 0 Å². The van der Waals surface area contributed by atoms with Crippen LogP contribution in [0.1, 0.15) is 24.7 Å². The highest BCUT2D eigenvalue weighted by molar-refractivity contribution is 5.78. The number of hydrogen-bond acceptors (Lipinski definition) is 4. The number of carbonyl (C=O) groups is 1. The number of nitrogens with zero attached hydrogens (tertiary/aromatic N) is 1. The SMILES string of the molecule is O=C(CNCC(O)c1ccco1)N1CCCC1. The molecule has 2 heterocycles. The Morgan fingerprint density at radius 2 is 2.29 bits per heavy atom. The van der Waals surface area contributed by atoms with E-state index in [1.807, 2.05) is 4.90 Å². The molecular formula is C12H18N2O3. The second-order valence-electron chi connectivity index (χ2n) is 4.25. The minimum absolute atomic E-state index is 0.106. The van der Waals surface area contributed by atoms with E-state index in [0.717, 1.165) is 25.9 Å². The maximum absolute atomic E-state index is 11.7. The molecule has 2 N–H and O–H groups in total. The number of likely N-dealkylation sites (tertiary alicyclic amines) is 1. The van der Waals surface area contributed by atoms with E-state index in [0.29, 0.717) is 12.3 Å². The Morgan fingerprint density at radius 3 is 2.94 bits per heavy atom. The fraction of sp³-hybridized carbons (Fsp3) is 0.583. The second kappa shape index (κ2) is 5.84. The number of hydrogen-bond donors (Lipinski definition) is 2. The first-order valence-electron chi connectivity index (χ1n) is 5.97. The molecule has 0 saturated carbocycles. The van der Waals surface area contributed by atoms with Crippen molar-refractivity contribution in [2.24, 2.45) is 0 Å². The maximum Gasteiger partial charge on any atom is 0.236 e. The molecule has 2 rings (SSSR count). The summed E-state index contributed by atoms with van der Waals surface area (Å²) in [5, 5.41) is 12.7. The third kappa shape index (κ3) is 3.31. The molecule has 1 atom stereocenters. The number of furan rings is 1. The first-order chi connectivity index (χ1) is 8.27. The van der Waals surface area contributed by atoms with E-state index in [2.05, 4.69) is 5.32 Å². The molecule has 1 fully saturated rings. The molecule has 1 aliphatic heterocycles. The quantitative estimate of drug-likeness (QED) is 0.785. The Kier molecular flexibility index (Phi) is 4.17. The zero-order chi connectivity index (χ0) is 12.1. The van der Waals surface area contributed by atoms with Crippen LogP contribution < -0.4 is 5.32 Å². The lowest BCUT2D eigenvalue weighted by Crippen LogP contribution is -2.37. The van der Waals surface area contributed by atoms with Crippen LogP contribution in [0.2, 0.25) is 0 Å². The van der Waals surface area contributed by atoms with Crippen molar-refractivity contribution in [3.8, 4) is 0 Å². The molecule has 0 radical (unpaired) electrons. The van der Waals surface area contributed by atoms with Gasteiger partial charge in [-0.05, 0) is 25.0 Å². The third-order valence-electron chi connectivity index (χ3n) is 2.94. The Balaban J connectivity index is 1.67. The van der Waals surface area contributed by atoms with E-state index in [9.17, 15) is 9.90 Å². The van der Waals surface area contributed by atoms with Crippen molar-refractivity contribution in [1.29, 1.82) is 0 Å². The van der Waals surface area contributed by atoms with Crippen molar-refractivity contribution >= 4 is 5.91 Å². The maximum atomic E-state index is 11.7. The second-order valence-corrected chi connectivity index (χ2v) is 4.25. The van der Waals surface area contributed by atoms with E-state index < -0.39 is 6.10 Å². The molecule has 0 bridgehead atoms. The first kappa shape index (κ1) is 12.1. The number of rotatable bonds is 5. The van der Waals surface area contributed by atoms with Crippen molar-refractivity contribution in [1.82, 2.24) is 10.2 Å². The van der Waals surface area contributed by atoms with E-state index in [-0.39, 0.29) is 12.5 Å². The van der Waals surface area contributed by atoms with Crippen LogP contribution in [0.5, 0.6) is 0 Å². The summed E-state index contributed by atoms with van der Waals surface area (Å²) in [6, 6.07) is 3.45. The molecule has 1 unspecified atom stereocenters. The van der Waals surface area contributed by atoms with E-state index in [1.165, 1.54) is 6.26 Å². The summed E-state index contributed by atoms with van der Waals surface area (Å²) in [5.41, 5.74) is 0.